The minimum atomic E-state index is -0.174. The topological polar surface area (TPSA) is 41.1 Å². The molecule has 3 heterocycles. The molecule has 43 heavy (non-hydrogen) atoms. The molecule has 4 aromatic carbocycles. The number of anilines is 5. The van der Waals surface area contributed by atoms with E-state index in [2.05, 4.69) is 142 Å². The average Bonchev–Trinajstić information content (AvgIpc) is 3.01. The Morgan fingerprint density at radius 2 is 1.47 bits per heavy atom. The highest BCUT2D eigenvalue weighted by Gasteiger charge is 2.37. The van der Waals surface area contributed by atoms with Crippen LogP contribution in [0.25, 0.3) is 22.2 Å². The second kappa shape index (κ2) is 10.1. The van der Waals surface area contributed by atoms with E-state index in [-0.39, 0.29) is 10.8 Å². The Hall–Kier alpha value is -4.96. The minimum absolute atomic E-state index is 0.0114. The SMILES string of the molecule is CC(C)(C)c1ccnc(N2c3ccccc3C(C)(C)c3ccc(-c4ccc5cccc(Nc6ccccc6)c5n4)cc32)c1. The normalized spacial score (nSPS) is 13.8. The van der Waals surface area contributed by atoms with Crippen LogP contribution in [0.4, 0.5) is 28.6 Å². The van der Waals surface area contributed by atoms with Gasteiger partial charge in [-0.25, -0.2) is 9.97 Å². The third-order valence-electron chi connectivity index (χ3n) is 8.64. The molecule has 0 unspecified atom stereocenters. The van der Waals surface area contributed by atoms with Crippen molar-refractivity contribution in [3.05, 3.63) is 138 Å². The van der Waals surface area contributed by atoms with E-state index in [1.807, 2.05) is 24.4 Å². The monoisotopic (exact) mass is 560 g/mol. The van der Waals surface area contributed by atoms with Crippen LogP contribution in [0.15, 0.2) is 121 Å². The van der Waals surface area contributed by atoms with Gasteiger partial charge in [-0.2, -0.15) is 0 Å². The van der Waals surface area contributed by atoms with Gasteiger partial charge in [-0.3, -0.25) is 4.90 Å². The number of fused-ring (bicyclic) bond motifs is 3. The molecule has 0 radical (unpaired) electrons. The summed E-state index contributed by atoms with van der Waals surface area (Å²) >= 11 is 0. The van der Waals surface area contributed by atoms with Crippen LogP contribution in [-0.2, 0) is 10.8 Å². The van der Waals surface area contributed by atoms with Crippen molar-refractivity contribution in [3.8, 4) is 11.3 Å². The fourth-order valence-corrected chi connectivity index (χ4v) is 6.22. The Morgan fingerprint density at radius 1 is 0.698 bits per heavy atom. The van der Waals surface area contributed by atoms with Crippen molar-refractivity contribution in [3.63, 3.8) is 0 Å². The van der Waals surface area contributed by atoms with Crippen molar-refractivity contribution >= 4 is 39.5 Å². The van der Waals surface area contributed by atoms with Gasteiger partial charge in [0.2, 0.25) is 0 Å². The molecule has 0 aliphatic carbocycles. The summed E-state index contributed by atoms with van der Waals surface area (Å²) in [5.41, 5.74) is 10.9. The molecule has 1 N–H and O–H groups in total. The molecule has 212 valence electrons. The molecule has 0 atom stereocenters. The van der Waals surface area contributed by atoms with Crippen LogP contribution in [0, 0.1) is 0 Å². The Labute approximate surface area is 254 Å². The number of hydrogen-bond acceptors (Lipinski definition) is 4. The zero-order chi connectivity index (χ0) is 29.8. The van der Waals surface area contributed by atoms with Crippen molar-refractivity contribution in [1.29, 1.82) is 0 Å². The number of para-hydroxylation sites is 3. The number of pyridine rings is 2. The summed E-state index contributed by atoms with van der Waals surface area (Å²) in [7, 11) is 0. The van der Waals surface area contributed by atoms with Gasteiger partial charge in [0.05, 0.1) is 28.3 Å². The van der Waals surface area contributed by atoms with E-state index < -0.39 is 0 Å². The molecule has 0 saturated heterocycles. The van der Waals surface area contributed by atoms with E-state index in [0.29, 0.717) is 0 Å². The summed E-state index contributed by atoms with van der Waals surface area (Å²) < 4.78 is 0. The van der Waals surface area contributed by atoms with E-state index in [1.54, 1.807) is 0 Å². The highest BCUT2D eigenvalue weighted by molar-refractivity contribution is 5.94. The number of nitrogens with zero attached hydrogens (tertiary/aromatic N) is 3. The highest BCUT2D eigenvalue weighted by Crippen LogP contribution is 2.52. The van der Waals surface area contributed by atoms with Crippen molar-refractivity contribution < 1.29 is 0 Å². The van der Waals surface area contributed by atoms with Crippen LogP contribution in [-0.4, -0.2) is 9.97 Å². The Kier molecular flexibility index (Phi) is 6.32. The molecule has 0 fully saturated rings. The van der Waals surface area contributed by atoms with Gasteiger partial charge in [-0.05, 0) is 70.6 Å². The molecular weight excluding hydrogens is 524 g/mol. The van der Waals surface area contributed by atoms with Gasteiger partial charge in [0.25, 0.3) is 0 Å². The lowest BCUT2D eigenvalue weighted by Crippen LogP contribution is -2.31. The summed E-state index contributed by atoms with van der Waals surface area (Å²) in [5, 5.41) is 4.66. The van der Waals surface area contributed by atoms with E-state index in [0.717, 1.165) is 50.7 Å². The standard InChI is InChI=1S/C39H36N4/c1-38(2,3)28-22-23-40-36(25-28)43-34-17-10-9-15-30(34)39(4,5)31-20-18-27(24-35(31)43)32-21-19-26-12-11-16-33(37(26)42-32)41-29-13-7-6-8-14-29/h6-25,41H,1-5H3. The lowest BCUT2D eigenvalue weighted by Gasteiger charge is -2.42. The summed E-state index contributed by atoms with van der Waals surface area (Å²) in [6, 6.07) is 40.7. The zero-order valence-corrected chi connectivity index (χ0v) is 25.4. The first-order chi connectivity index (χ1) is 20.7. The Morgan fingerprint density at radius 3 is 2.28 bits per heavy atom. The number of rotatable bonds is 4. The van der Waals surface area contributed by atoms with Crippen LogP contribution in [0.5, 0.6) is 0 Å². The maximum Gasteiger partial charge on any atom is 0.137 e. The fourth-order valence-electron chi connectivity index (χ4n) is 6.22. The van der Waals surface area contributed by atoms with Gasteiger partial charge in [0.1, 0.15) is 5.82 Å². The molecule has 0 bridgehead atoms. The van der Waals surface area contributed by atoms with E-state index in [4.69, 9.17) is 9.97 Å². The molecular formula is C39H36N4. The molecule has 0 spiro atoms. The molecule has 1 aliphatic rings. The summed E-state index contributed by atoms with van der Waals surface area (Å²) in [4.78, 5) is 12.5. The summed E-state index contributed by atoms with van der Waals surface area (Å²) in [6.45, 7) is 11.4. The molecule has 2 aromatic heterocycles. The third kappa shape index (κ3) is 4.73. The third-order valence-corrected chi connectivity index (χ3v) is 8.64. The predicted octanol–water partition coefficient (Wildman–Crippen LogP) is 10.4. The van der Waals surface area contributed by atoms with Crippen LogP contribution in [0.3, 0.4) is 0 Å². The maximum absolute atomic E-state index is 5.22. The molecule has 4 nitrogen and oxygen atoms in total. The molecule has 6 aromatic rings. The molecule has 0 amide bonds. The lowest BCUT2D eigenvalue weighted by atomic mass is 9.73. The number of aromatic nitrogens is 2. The maximum atomic E-state index is 5.22. The van der Waals surface area contributed by atoms with E-state index in [1.165, 1.54) is 16.7 Å². The first-order valence-electron chi connectivity index (χ1n) is 14.9. The van der Waals surface area contributed by atoms with Crippen molar-refractivity contribution in [2.24, 2.45) is 0 Å². The predicted molar refractivity (Wildman–Crippen MR) is 180 cm³/mol. The van der Waals surface area contributed by atoms with Gasteiger partial charge in [0, 0.05) is 28.2 Å². The van der Waals surface area contributed by atoms with Crippen molar-refractivity contribution in [1.82, 2.24) is 9.97 Å². The van der Waals surface area contributed by atoms with Gasteiger partial charge in [-0.1, -0.05) is 101 Å². The van der Waals surface area contributed by atoms with Crippen LogP contribution >= 0.6 is 0 Å². The van der Waals surface area contributed by atoms with Crippen LogP contribution in [0.1, 0.15) is 51.3 Å². The molecule has 4 heteroatoms. The van der Waals surface area contributed by atoms with Crippen molar-refractivity contribution in [2.75, 3.05) is 10.2 Å². The molecule has 0 saturated carbocycles. The Bertz CT molecular complexity index is 1970. The fraction of sp³-hybridized carbons (Fsp3) is 0.179. The van der Waals surface area contributed by atoms with Gasteiger partial charge < -0.3 is 5.32 Å². The van der Waals surface area contributed by atoms with Crippen LogP contribution < -0.4 is 10.2 Å². The second-order valence-corrected chi connectivity index (χ2v) is 12.9. The van der Waals surface area contributed by atoms with Gasteiger partial charge in [-0.15, -0.1) is 0 Å². The quantitative estimate of drug-likeness (QED) is 0.233. The number of benzene rings is 4. The number of nitrogens with one attached hydrogen (secondary N) is 1. The lowest BCUT2D eigenvalue weighted by molar-refractivity contribution is 0.589. The first kappa shape index (κ1) is 26.9. The van der Waals surface area contributed by atoms with Crippen molar-refractivity contribution in [2.45, 2.75) is 45.4 Å². The van der Waals surface area contributed by atoms with Gasteiger partial charge >= 0.3 is 0 Å². The molecule has 7 rings (SSSR count). The second-order valence-electron chi connectivity index (χ2n) is 12.9. The van der Waals surface area contributed by atoms with E-state index >= 15 is 0 Å². The summed E-state index contributed by atoms with van der Waals surface area (Å²) in [5.74, 6) is 0.926. The summed E-state index contributed by atoms with van der Waals surface area (Å²) in [6.07, 6.45) is 1.94. The average molecular weight is 561 g/mol. The largest absolute Gasteiger partial charge is 0.354 e. The molecule has 1 aliphatic heterocycles. The number of hydrogen-bond donors (Lipinski definition) is 1. The zero-order valence-electron chi connectivity index (χ0n) is 25.4. The first-order valence-corrected chi connectivity index (χ1v) is 14.9. The van der Waals surface area contributed by atoms with Crippen LogP contribution in [0.2, 0.25) is 0 Å². The van der Waals surface area contributed by atoms with E-state index in [9.17, 15) is 0 Å². The highest BCUT2D eigenvalue weighted by atomic mass is 15.2. The Balaban J connectivity index is 1.39. The smallest absolute Gasteiger partial charge is 0.137 e. The van der Waals surface area contributed by atoms with Gasteiger partial charge in [0.15, 0.2) is 0 Å². The minimum Gasteiger partial charge on any atom is -0.354 e.